The highest BCUT2D eigenvalue weighted by Crippen LogP contribution is 2.47. The van der Waals surface area contributed by atoms with Gasteiger partial charge in [0.1, 0.15) is 5.75 Å². The first-order valence-corrected chi connectivity index (χ1v) is 16.6. The quantitative estimate of drug-likeness (QED) is 0.427. The summed E-state index contributed by atoms with van der Waals surface area (Å²) in [6, 6.07) is 11.2. The van der Waals surface area contributed by atoms with E-state index in [-0.39, 0.29) is 16.4 Å². The van der Waals surface area contributed by atoms with Gasteiger partial charge in [0.15, 0.2) is 0 Å². The van der Waals surface area contributed by atoms with Gasteiger partial charge >= 0.3 is 0 Å². The minimum absolute atomic E-state index is 0.00621. The summed E-state index contributed by atoms with van der Waals surface area (Å²) in [5.74, 6) is 0.500. The molecule has 1 fully saturated rings. The van der Waals surface area contributed by atoms with Crippen LogP contribution in [-0.2, 0) is 31.4 Å². The number of anilines is 1. The van der Waals surface area contributed by atoms with E-state index >= 15 is 0 Å². The number of sulfonamides is 1. The molecule has 0 radical (unpaired) electrons. The molecule has 41 heavy (non-hydrogen) atoms. The van der Waals surface area contributed by atoms with Crippen LogP contribution in [0.1, 0.15) is 56.6 Å². The molecular formula is C32H39ClN2O5S. The normalized spacial score (nSPS) is 32.0. The molecule has 0 unspecified atom stereocenters. The van der Waals surface area contributed by atoms with Crippen molar-refractivity contribution < 1.29 is 22.7 Å². The first-order valence-electron chi connectivity index (χ1n) is 14.8. The Labute approximate surface area is 248 Å². The predicted octanol–water partition coefficient (Wildman–Crippen LogP) is 5.65. The van der Waals surface area contributed by atoms with Crippen molar-refractivity contribution >= 4 is 33.2 Å². The second kappa shape index (κ2) is 11.3. The average molecular weight is 599 g/mol. The van der Waals surface area contributed by atoms with E-state index in [2.05, 4.69) is 33.9 Å². The first-order chi connectivity index (χ1) is 19.7. The largest absolute Gasteiger partial charge is 0.490 e. The lowest BCUT2D eigenvalue weighted by molar-refractivity contribution is -0.122. The summed E-state index contributed by atoms with van der Waals surface area (Å²) >= 11 is 6.39. The molecule has 2 aromatic carbocycles. The number of hydrogen-bond acceptors (Lipinski definition) is 6. The summed E-state index contributed by atoms with van der Waals surface area (Å²) < 4.78 is 41.6. The van der Waals surface area contributed by atoms with Gasteiger partial charge < -0.3 is 14.4 Å². The molecule has 1 N–H and O–H groups in total. The number of carbonyl (C=O) groups is 1. The monoisotopic (exact) mass is 598 g/mol. The van der Waals surface area contributed by atoms with Crippen LogP contribution < -0.4 is 14.4 Å². The smallest absolute Gasteiger partial charge is 0.264 e. The predicted molar refractivity (Wildman–Crippen MR) is 160 cm³/mol. The summed E-state index contributed by atoms with van der Waals surface area (Å²) in [6.07, 6.45) is 10.6. The molecule has 1 spiro atoms. The van der Waals surface area contributed by atoms with Crippen molar-refractivity contribution in [2.24, 2.45) is 17.8 Å². The second-order valence-corrected chi connectivity index (χ2v) is 14.4. The van der Waals surface area contributed by atoms with Gasteiger partial charge in [-0.15, -0.1) is 0 Å². The van der Waals surface area contributed by atoms with Crippen LogP contribution in [-0.4, -0.2) is 47.2 Å². The van der Waals surface area contributed by atoms with Crippen LogP contribution in [0.4, 0.5) is 5.69 Å². The maximum Gasteiger partial charge on any atom is 0.264 e. The summed E-state index contributed by atoms with van der Waals surface area (Å²) in [5.41, 5.74) is 3.04. The molecule has 0 saturated heterocycles. The van der Waals surface area contributed by atoms with Gasteiger partial charge in [-0.1, -0.05) is 36.7 Å². The summed E-state index contributed by atoms with van der Waals surface area (Å²) in [6.45, 7) is 3.74. The number of nitrogens with zero attached hydrogens (tertiary/aromatic N) is 1. The van der Waals surface area contributed by atoms with Gasteiger partial charge in [0.25, 0.3) is 10.0 Å². The number of ether oxygens (including phenoxy) is 2. The Balaban J connectivity index is 1.44. The Morgan fingerprint density at radius 3 is 2.78 bits per heavy atom. The third-order valence-corrected chi connectivity index (χ3v) is 11.3. The van der Waals surface area contributed by atoms with Gasteiger partial charge in [-0.25, -0.2) is 13.1 Å². The number of amides is 1. The first kappa shape index (κ1) is 28.6. The van der Waals surface area contributed by atoms with E-state index < -0.39 is 21.8 Å². The number of rotatable bonds is 1. The summed E-state index contributed by atoms with van der Waals surface area (Å²) in [7, 11) is -2.28. The van der Waals surface area contributed by atoms with Gasteiger partial charge in [0.2, 0.25) is 5.91 Å². The molecular weight excluding hydrogens is 560 g/mol. The Bertz CT molecular complexity index is 1460. The highest BCUT2D eigenvalue weighted by Gasteiger charge is 2.44. The molecule has 2 bridgehead atoms. The fourth-order valence-electron chi connectivity index (χ4n) is 7.19. The Morgan fingerprint density at radius 1 is 1.15 bits per heavy atom. The van der Waals surface area contributed by atoms with Crippen LogP contribution in [0.2, 0.25) is 5.02 Å². The van der Waals surface area contributed by atoms with Gasteiger partial charge in [-0.05, 0) is 98.2 Å². The molecule has 2 heterocycles. The number of halogens is 1. The van der Waals surface area contributed by atoms with Gasteiger partial charge in [0.05, 0.1) is 23.3 Å². The Hall–Kier alpha value is -2.55. The van der Waals surface area contributed by atoms with E-state index in [0.717, 1.165) is 49.4 Å². The lowest BCUT2D eigenvalue weighted by Crippen LogP contribution is -2.49. The maximum atomic E-state index is 13.4. The molecule has 1 saturated carbocycles. The minimum Gasteiger partial charge on any atom is -0.490 e. The van der Waals surface area contributed by atoms with Gasteiger partial charge in [-0.3, -0.25) is 4.79 Å². The molecule has 220 valence electrons. The van der Waals surface area contributed by atoms with E-state index in [1.54, 1.807) is 32.2 Å². The molecule has 5 atom stereocenters. The zero-order valence-corrected chi connectivity index (χ0v) is 25.3. The zero-order valence-electron chi connectivity index (χ0n) is 23.8. The summed E-state index contributed by atoms with van der Waals surface area (Å²) in [4.78, 5) is 15.3. The minimum atomic E-state index is -4.05. The number of carbonyl (C=O) groups excluding carboxylic acids is 1. The lowest BCUT2D eigenvalue weighted by atomic mass is 9.68. The third-order valence-electron chi connectivity index (χ3n) is 9.72. The van der Waals surface area contributed by atoms with Crippen molar-refractivity contribution in [1.29, 1.82) is 0 Å². The number of nitrogens with one attached hydrogen (secondary N) is 1. The van der Waals surface area contributed by atoms with Crippen molar-refractivity contribution in [2.45, 2.75) is 68.3 Å². The van der Waals surface area contributed by atoms with Gasteiger partial charge in [0, 0.05) is 36.6 Å². The molecule has 2 aliphatic carbocycles. The van der Waals surface area contributed by atoms with Crippen molar-refractivity contribution in [1.82, 2.24) is 4.72 Å². The van der Waals surface area contributed by atoms with E-state index in [1.807, 2.05) is 6.07 Å². The average Bonchev–Trinajstić information content (AvgIpc) is 3.08. The van der Waals surface area contributed by atoms with Crippen molar-refractivity contribution in [3.05, 3.63) is 64.7 Å². The number of aryl methyl sites for hydroxylation is 1. The topological polar surface area (TPSA) is 84.9 Å². The van der Waals surface area contributed by atoms with Crippen molar-refractivity contribution in [3.63, 3.8) is 0 Å². The SMILES string of the molecule is CO[C@@H]1/C=C/CC[C@@H](C)C(=O)NS(=O)(=O)c2ccc3c(c2)N(C[C@@H]2CC[C@H]21)C[C@@]1(CCCc2cc(Cl)ccc21)CO3. The number of hydrogen-bond donors (Lipinski definition) is 1. The number of allylic oxidation sites excluding steroid dienone is 1. The maximum absolute atomic E-state index is 13.4. The molecule has 6 rings (SSSR count). The van der Waals surface area contributed by atoms with Crippen LogP contribution in [0.25, 0.3) is 0 Å². The fourth-order valence-corrected chi connectivity index (χ4v) is 8.49. The van der Waals surface area contributed by atoms with E-state index in [1.165, 1.54) is 11.1 Å². The molecule has 2 aliphatic heterocycles. The number of methoxy groups -OCH3 is 1. The zero-order chi connectivity index (χ0) is 28.8. The van der Waals surface area contributed by atoms with Gasteiger partial charge in [-0.2, -0.15) is 0 Å². The van der Waals surface area contributed by atoms with Crippen molar-refractivity contribution in [3.8, 4) is 5.75 Å². The van der Waals surface area contributed by atoms with Crippen LogP contribution in [0, 0.1) is 17.8 Å². The standard InChI is InChI=1S/C32H39ClN2O5S/c1-21-6-3-4-8-29(39-2)26-12-9-23(26)18-35-19-32(15-5-7-22-16-24(33)10-13-27(22)32)20-40-30-14-11-25(17-28(30)35)41(37,38)34-31(21)36/h4,8,10-11,13-14,16-17,21,23,26,29H,3,5-7,9,12,15,18-20H2,1-2H3,(H,34,36)/b8-4+/t21-,23+,26-,29-,32+/m1/s1. The highest BCUT2D eigenvalue weighted by atomic mass is 35.5. The Morgan fingerprint density at radius 2 is 2.00 bits per heavy atom. The summed E-state index contributed by atoms with van der Waals surface area (Å²) in [5, 5.41) is 0.742. The van der Waals surface area contributed by atoms with E-state index in [9.17, 15) is 13.2 Å². The molecule has 2 aromatic rings. The highest BCUT2D eigenvalue weighted by molar-refractivity contribution is 7.90. The molecule has 9 heteroatoms. The molecule has 4 aliphatic rings. The Kier molecular flexibility index (Phi) is 7.85. The third kappa shape index (κ3) is 5.51. The number of fused-ring (bicyclic) bond motifs is 4. The molecule has 0 aromatic heterocycles. The van der Waals surface area contributed by atoms with Crippen LogP contribution in [0.5, 0.6) is 5.75 Å². The molecule has 1 amide bonds. The molecule has 7 nitrogen and oxygen atoms in total. The van der Waals surface area contributed by atoms with Crippen LogP contribution in [0.3, 0.4) is 0 Å². The lowest BCUT2D eigenvalue weighted by Gasteiger charge is -2.46. The van der Waals surface area contributed by atoms with Crippen LogP contribution >= 0.6 is 11.6 Å². The van der Waals surface area contributed by atoms with Crippen LogP contribution in [0.15, 0.2) is 53.4 Å². The van der Waals surface area contributed by atoms with E-state index in [0.29, 0.717) is 43.6 Å². The second-order valence-electron chi connectivity index (χ2n) is 12.3. The van der Waals surface area contributed by atoms with E-state index in [4.69, 9.17) is 21.1 Å². The number of benzene rings is 2. The fraction of sp³-hybridized carbons (Fsp3) is 0.531. The van der Waals surface area contributed by atoms with Crippen molar-refractivity contribution in [2.75, 3.05) is 31.7 Å².